The Kier molecular flexibility index (Phi) is 5.51. The van der Waals surface area contributed by atoms with E-state index in [9.17, 15) is 20.0 Å². The van der Waals surface area contributed by atoms with Crippen LogP contribution in [0.4, 0.5) is 5.69 Å². The van der Waals surface area contributed by atoms with E-state index in [-0.39, 0.29) is 23.6 Å². The van der Waals surface area contributed by atoms with Crippen LogP contribution in [0.3, 0.4) is 0 Å². The van der Waals surface area contributed by atoms with E-state index in [1.54, 1.807) is 0 Å². The van der Waals surface area contributed by atoms with Crippen LogP contribution >= 0.6 is 0 Å². The van der Waals surface area contributed by atoms with E-state index in [4.69, 9.17) is 9.47 Å². The molecule has 8 nitrogen and oxygen atoms in total. The Morgan fingerprint density at radius 1 is 1.21 bits per heavy atom. The molecule has 8 heteroatoms. The highest BCUT2D eigenvalue weighted by atomic mass is 16.6. The predicted octanol–water partition coefficient (Wildman–Crippen LogP) is 2.26. The van der Waals surface area contributed by atoms with Gasteiger partial charge in [-0.05, 0) is 24.0 Å². The zero-order chi connectivity index (χ0) is 20.3. The molecule has 0 spiro atoms. The highest BCUT2D eigenvalue weighted by Crippen LogP contribution is 2.34. The van der Waals surface area contributed by atoms with Crippen LogP contribution in [0, 0.1) is 10.1 Å². The van der Waals surface area contributed by atoms with Crippen LogP contribution in [0.15, 0.2) is 36.4 Å². The molecule has 0 saturated carbocycles. The number of aryl methyl sites for hydroxylation is 1. The summed E-state index contributed by atoms with van der Waals surface area (Å²) in [4.78, 5) is 23.4. The number of methoxy groups -OCH3 is 2. The van der Waals surface area contributed by atoms with Gasteiger partial charge in [-0.25, -0.2) is 0 Å². The van der Waals surface area contributed by atoms with Gasteiger partial charge in [0.25, 0.3) is 11.6 Å². The van der Waals surface area contributed by atoms with E-state index in [1.165, 1.54) is 25.8 Å². The van der Waals surface area contributed by atoms with Crippen molar-refractivity contribution in [3.8, 4) is 11.5 Å². The quantitative estimate of drug-likeness (QED) is 0.582. The van der Waals surface area contributed by atoms with E-state index in [2.05, 4.69) is 5.32 Å². The lowest BCUT2D eigenvalue weighted by atomic mass is 9.80. The first-order valence-electron chi connectivity index (χ1n) is 8.84. The zero-order valence-corrected chi connectivity index (χ0v) is 15.7. The lowest BCUT2D eigenvalue weighted by Gasteiger charge is -2.33. The number of carbonyl (C=O) groups excluding carboxylic acids is 1. The predicted molar refractivity (Wildman–Crippen MR) is 102 cm³/mol. The summed E-state index contributed by atoms with van der Waals surface area (Å²) in [6.45, 7) is -0.00827. The van der Waals surface area contributed by atoms with Gasteiger partial charge in [0, 0.05) is 19.0 Å². The average Bonchev–Trinajstić information content (AvgIpc) is 2.70. The number of hydrogen-bond donors (Lipinski definition) is 2. The molecule has 0 radical (unpaired) electrons. The van der Waals surface area contributed by atoms with Crippen molar-refractivity contribution in [2.24, 2.45) is 0 Å². The fourth-order valence-corrected chi connectivity index (χ4v) is 3.48. The molecule has 2 aromatic rings. The summed E-state index contributed by atoms with van der Waals surface area (Å²) in [6, 6.07) is 10.3. The van der Waals surface area contributed by atoms with Crippen LogP contribution < -0.4 is 14.8 Å². The van der Waals surface area contributed by atoms with Gasteiger partial charge in [0.05, 0.1) is 30.8 Å². The van der Waals surface area contributed by atoms with Gasteiger partial charge in [-0.15, -0.1) is 0 Å². The van der Waals surface area contributed by atoms with E-state index in [1.807, 2.05) is 24.3 Å². The third-order valence-corrected chi connectivity index (χ3v) is 5.02. The maximum absolute atomic E-state index is 12.6. The smallest absolute Gasteiger partial charge is 0.286 e. The topological polar surface area (TPSA) is 111 Å². The Labute approximate surface area is 162 Å². The van der Waals surface area contributed by atoms with Crippen molar-refractivity contribution in [3.05, 3.63) is 63.2 Å². The zero-order valence-electron chi connectivity index (χ0n) is 15.7. The molecule has 3 rings (SSSR count). The molecule has 1 unspecified atom stereocenters. The van der Waals surface area contributed by atoms with Crippen LogP contribution in [-0.4, -0.2) is 42.3 Å². The summed E-state index contributed by atoms with van der Waals surface area (Å²) in [6.07, 6.45) is 1.62. The van der Waals surface area contributed by atoms with Gasteiger partial charge in [-0.2, -0.15) is 0 Å². The molecule has 0 fully saturated rings. The summed E-state index contributed by atoms with van der Waals surface area (Å²) >= 11 is 0. The number of benzene rings is 2. The minimum absolute atomic E-state index is 0.00827. The second-order valence-corrected chi connectivity index (χ2v) is 6.83. The van der Waals surface area contributed by atoms with Crippen molar-refractivity contribution >= 4 is 11.6 Å². The number of nitrogens with one attached hydrogen (secondary N) is 1. The van der Waals surface area contributed by atoms with Crippen LogP contribution in [0.2, 0.25) is 0 Å². The highest BCUT2D eigenvalue weighted by molar-refractivity contribution is 5.99. The minimum Gasteiger partial charge on any atom is -0.493 e. The Hall–Kier alpha value is -3.13. The normalized spacial score (nSPS) is 18.1. The van der Waals surface area contributed by atoms with Crippen LogP contribution in [-0.2, 0) is 12.8 Å². The van der Waals surface area contributed by atoms with Crippen molar-refractivity contribution in [2.75, 3.05) is 20.8 Å². The van der Waals surface area contributed by atoms with Gasteiger partial charge in [-0.3, -0.25) is 14.9 Å². The number of carbonyl (C=O) groups is 1. The lowest BCUT2D eigenvalue weighted by molar-refractivity contribution is -0.385. The third-order valence-electron chi connectivity index (χ3n) is 5.02. The van der Waals surface area contributed by atoms with Gasteiger partial charge < -0.3 is 19.9 Å². The molecule has 28 heavy (non-hydrogen) atoms. The Morgan fingerprint density at radius 3 is 2.50 bits per heavy atom. The first kappa shape index (κ1) is 19.6. The summed E-state index contributed by atoms with van der Waals surface area (Å²) in [5, 5.41) is 24.9. The number of aliphatic hydroxyl groups is 1. The molecule has 1 aliphatic carbocycles. The molecule has 0 aliphatic heterocycles. The molecule has 2 N–H and O–H groups in total. The number of rotatable bonds is 6. The average molecular weight is 386 g/mol. The van der Waals surface area contributed by atoms with Gasteiger partial charge >= 0.3 is 0 Å². The van der Waals surface area contributed by atoms with E-state index >= 15 is 0 Å². The molecule has 1 amide bonds. The monoisotopic (exact) mass is 386 g/mol. The second-order valence-electron chi connectivity index (χ2n) is 6.83. The summed E-state index contributed by atoms with van der Waals surface area (Å²) < 4.78 is 10.2. The van der Waals surface area contributed by atoms with Crippen molar-refractivity contribution in [2.45, 2.75) is 24.9 Å². The van der Waals surface area contributed by atoms with E-state index < -0.39 is 22.1 Å². The first-order chi connectivity index (χ1) is 13.4. The van der Waals surface area contributed by atoms with Gasteiger partial charge in [-0.1, -0.05) is 24.3 Å². The van der Waals surface area contributed by atoms with Crippen LogP contribution in [0.1, 0.15) is 27.9 Å². The summed E-state index contributed by atoms with van der Waals surface area (Å²) in [5.74, 6) is -0.281. The highest BCUT2D eigenvalue weighted by Gasteiger charge is 2.33. The molecule has 2 aromatic carbocycles. The molecule has 0 saturated heterocycles. The molecule has 1 atom stereocenters. The maximum atomic E-state index is 12.6. The third kappa shape index (κ3) is 3.91. The standard InChI is InChI=1S/C20H22N2O6/c1-27-17-9-15(16(22(25)26)10-18(17)28-2)19(23)21-12-20(24)8-7-13-5-3-4-6-14(13)11-20/h3-6,9-10,24H,7-8,11-12H2,1-2H3,(H,21,23). The van der Waals surface area contributed by atoms with E-state index in [0.29, 0.717) is 19.3 Å². The molecular formula is C20H22N2O6. The number of nitro benzene ring substituents is 1. The van der Waals surface area contributed by atoms with Crippen LogP contribution in [0.25, 0.3) is 0 Å². The van der Waals surface area contributed by atoms with E-state index in [0.717, 1.165) is 11.6 Å². The first-order valence-corrected chi connectivity index (χ1v) is 8.84. The van der Waals surface area contributed by atoms with Crippen molar-refractivity contribution in [3.63, 3.8) is 0 Å². The van der Waals surface area contributed by atoms with Crippen molar-refractivity contribution in [1.29, 1.82) is 0 Å². The number of fused-ring (bicyclic) bond motifs is 1. The van der Waals surface area contributed by atoms with Crippen LogP contribution in [0.5, 0.6) is 11.5 Å². The lowest BCUT2D eigenvalue weighted by Crippen LogP contribution is -2.46. The fraction of sp³-hybridized carbons (Fsp3) is 0.350. The van der Waals surface area contributed by atoms with Gasteiger partial charge in [0.15, 0.2) is 11.5 Å². The van der Waals surface area contributed by atoms with Crippen molar-refractivity contribution in [1.82, 2.24) is 5.32 Å². The number of nitrogens with zero attached hydrogens (tertiary/aromatic N) is 1. The number of amides is 1. The van der Waals surface area contributed by atoms with Crippen molar-refractivity contribution < 1.29 is 24.3 Å². The SMILES string of the molecule is COc1cc(C(=O)NCC2(O)CCc3ccccc3C2)c([N+](=O)[O-])cc1OC. The minimum atomic E-state index is -1.10. The molecule has 0 bridgehead atoms. The maximum Gasteiger partial charge on any atom is 0.286 e. The second kappa shape index (κ2) is 7.85. The largest absolute Gasteiger partial charge is 0.493 e. The number of ether oxygens (including phenoxy) is 2. The summed E-state index contributed by atoms with van der Waals surface area (Å²) in [5.41, 5.74) is 0.588. The molecular weight excluding hydrogens is 364 g/mol. The Morgan fingerprint density at radius 2 is 1.86 bits per heavy atom. The van der Waals surface area contributed by atoms with Gasteiger partial charge in [0.2, 0.25) is 0 Å². The number of hydrogen-bond acceptors (Lipinski definition) is 6. The number of nitro groups is 1. The Balaban J connectivity index is 1.79. The molecule has 0 heterocycles. The Bertz CT molecular complexity index is 914. The molecule has 0 aromatic heterocycles. The molecule has 148 valence electrons. The van der Waals surface area contributed by atoms with Gasteiger partial charge in [0.1, 0.15) is 5.56 Å². The summed E-state index contributed by atoms with van der Waals surface area (Å²) in [7, 11) is 2.74. The fourth-order valence-electron chi connectivity index (χ4n) is 3.48. The molecule has 1 aliphatic rings.